The van der Waals surface area contributed by atoms with Crippen molar-refractivity contribution in [3.8, 4) is 5.75 Å². The minimum Gasteiger partial charge on any atom is -0.481 e. The standard InChI is InChI=1S/C19H18FN3O2/c1-23-16-9-8-13(10-15(16)22-19(23)12-6-7-12)21-18(24)11-25-17-5-3-2-4-14(17)20/h2-5,8-10,12H,6-7,11H2,1H3,(H,21,24). The summed E-state index contributed by atoms with van der Waals surface area (Å²) in [5, 5.41) is 2.76. The van der Waals surface area contributed by atoms with E-state index in [1.54, 1.807) is 12.1 Å². The van der Waals surface area contributed by atoms with Gasteiger partial charge < -0.3 is 14.6 Å². The first-order valence-electron chi connectivity index (χ1n) is 8.25. The van der Waals surface area contributed by atoms with Crippen LogP contribution in [0.1, 0.15) is 24.6 Å². The van der Waals surface area contributed by atoms with Crippen LogP contribution in [0.25, 0.3) is 11.0 Å². The number of carbonyl (C=O) groups excluding carboxylic acids is 1. The van der Waals surface area contributed by atoms with Gasteiger partial charge in [-0.3, -0.25) is 4.79 Å². The smallest absolute Gasteiger partial charge is 0.262 e. The van der Waals surface area contributed by atoms with E-state index >= 15 is 0 Å². The zero-order valence-electron chi connectivity index (χ0n) is 13.8. The van der Waals surface area contributed by atoms with E-state index in [4.69, 9.17) is 4.74 Å². The molecule has 6 heteroatoms. The molecule has 0 saturated heterocycles. The average Bonchev–Trinajstić information content (AvgIpc) is 3.39. The minimum absolute atomic E-state index is 0.0619. The van der Waals surface area contributed by atoms with Gasteiger partial charge in [0.05, 0.1) is 11.0 Å². The SMILES string of the molecule is Cn1c(C2CC2)nc2cc(NC(=O)COc3ccccc3F)ccc21. The molecule has 2 aromatic carbocycles. The molecule has 128 valence electrons. The van der Waals surface area contributed by atoms with E-state index in [-0.39, 0.29) is 18.3 Å². The number of carbonyl (C=O) groups is 1. The van der Waals surface area contributed by atoms with Crippen molar-refractivity contribution in [2.45, 2.75) is 18.8 Å². The number of hydrogen-bond acceptors (Lipinski definition) is 3. The van der Waals surface area contributed by atoms with Gasteiger partial charge in [0.25, 0.3) is 5.91 Å². The lowest BCUT2D eigenvalue weighted by atomic mass is 10.2. The number of benzene rings is 2. The molecule has 1 aliphatic rings. The van der Waals surface area contributed by atoms with Gasteiger partial charge in [0.1, 0.15) is 5.82 Å². The van der Waals surface area contributed by atoms with Crippen molar-refractivity contribution < 1.29 is 13.9 Å². The van der Waals surface area contributed by atoms with E-state index in [9.17, 15) is 9.18 Å². The Kier molecular flexibility index (Phi) is 3.87. The first-order chi connectivity index (χ1) is 12.1. The van der Waals surface area contributed by atoms with Crippen molar-refractivity contribution in [2.24, 2.45) is 7.05 Å². The molecule has 1 amide bonds. The van der Waals surface area contributed by atoms with E-state index in [2.05, 4.69) is 14.9 Å². The molecule has 0 atom stereocenters. The molecular formula is C19H18FN3O2. The number of ether oxygens (including phenoxy) is 1. The molecule has 0 aliphatic heterocycles. The number of fused-ring (bicyclic) bond motifs is 1. The first kappa shape index (κ1) is 15.6. The molecule has 1 aliphatic carbocycles. The highest BCUT2D eigenvalue weighted by molar-refractivity contribution is 5.94. The lowest BCUT2D eigenvalue weighted by molar-refractivity contribution is -0.118. The van der Waals surface area contributed by atoms with Gasteiger partial charge in [-0.2, -0.15) is 0 Å². The maximum atomic E-state index is 13.5. The number of rotatable bonds is 5. The molecule has 3 aromatic rings. The Hall–Kier alpha value is -2.89. The molecule has 25 heavy (non-hydrogen) atoms. The highest BCUT2D eigenvalue weighted by atomic mass is 19.1. The average molecular weight is 339 g/mol. The van der Waals surface area contributed by atoms with Crippen LogP contribution in [-0.2, 0) is 11.8 Å². The van der Waals surface area contributed by atoms with Gasteiger partial charge in [0.2, 0.25) is 0 Å². The second-order valence-corrected chi connectivity index (χ2v) is 6.27. The van der Waals surface area contributed by atoms with E-state index in [0.717, 1.165) is 16.9 Å². The number of imidazole rings is 1. The van der Waals surface area contributed by atoms with Crippen LogP contribution in [0, 0.1) is 5.82 Å². The molecule has 5 nitrogen and oxygen atoms in total. The van der Waals surface area contributed by atoms with Crippen molar-refractivity contribution in [3.05, 3.63) is 54.1 Å². The van der Waals surface area contributed by atoms with Crippen molar-refractivity contribution in [3.63, 3.8) is 0 Å². The zero-order valence-corrected chi connectivity index (χ0v) is 13.8. The van der Waals surface area contributed by atoms with Crippen molar-refractivity contribution in [1.82, 2.24) is 9.55 Å². The Morgan fingerprint density at radius 3 is 2.88 bits per heavy atom. The third kappa shape index (κ3) is 3.20. The van der Waals surface area contributed by atoms with Crippen molar-refractivity contribution >= 4 is 22.6 Å². The number of para-hydroxylation sites is 1. The van der Waals surface area contributed by atoms with Crippen LogP contribution in [0.3, 0.4) is 0 Å². The number of amides is 1. The molecule has 1 saturated carbocycles. The fourth-order valence-electron chi connectivity index (χ4n) is 2.91. The van der Waals surface area contributed by atoms with Crippen molar-refractivity contribution in [1.29, 1.82) is 0 Å². The van der Waals surface area contributed by atoms with E-state index < -0.39 is 5.82 Å². The zero-order chi connectivity index (χ0) is 17.4. The lowest BCUT2D eigenvalue weighted by Gasteiger charge is -2.08. The summed E-state index contributed by atoms with van der Waals surface area (Å²) in [6.45, 7) is -0.255. The Bertz CT molecular complexity index is 947. The molecule has 0 radical (unpaired) electrons. The second-order valence-electron chi connectivity index (χ2n) is 6.27. The van der Waals surface area contributed by atoms with E-state index in [1.807, 2.05) is 25.2 Å². The van der Waals surface area contributed by atoms with Crippen LogP contribution < -0.4 is 10.1 Å². The Morgan fingerprint density at radius 2 is 2.12 bits per heavy atom. The maximum absolute atomic E-state index is 13.5. The lowest BCUT2D eigenvalue weighted by Crippen LogP contribution is -2.20. The number of nitrogens with zero attached hydrogens (tertiary/aromatic N) is 2. The van der Waals surface area contributed by atoms with Crippen LogP contribution in [-0.4, -0.2) is 22.1 Å². The molecule has 1 N–H and O–H groups in total. The molecule has 1 heterocycles. The topological polar surface area (TPSA) is 56.2 Å². The van der Waals surface area contributed by atoms with Gasteiger partial charge in [0.15, 0.2) is 18.2 Å². The Morgan fingerprint density at radius 1 is 1.32 bits per heavy atom. The van der Waals surface area contributed by atoms with Crippen LogP contribution in [0.5, 0.6) is 5.75 Å². The summed E-state index contributed by atoms with van der Waals surface area (Å²) in [6, 6.07) is 11.6. The number of aryl methyl sites for hydroxylation is 1. The van der Waals surface area contributed by atoms with Crippen molar-refractivity contribution in [2.75, 3.05) is 11.9 Å². The predicted molar refractivity (Wildman–Crippen MR) is 93.2 cm³/mol. The summed E-state index contributed by atoms with van der Waals surface area (Å²) < 4.78 is 20.8. The highest BCUT2D eigenvalue weighted by Crippen LogP contribution is 2.40. The molecule has 1 aromatic heterocycles. The molecule has 0 spiro atoms. The molecule has 0 unspecified atom stereocenters. The molecule has 0 bridgehead atoms. The van der Waals surface area contributed by atoms with E-state index in [0.29, 0.717) is 11.6 Å². The van der Waals surface area contributed by atoms with Gasteiger partial charge in [-0.25, -0.2) is 9.37 Å². The summed E-state index contributed by atoms with van der Waals surface area (Å²) in [5.74, 6) is 0.886. The largest absolute Gasteiger partial charge is 0.481 e. The quantitative estimate of drug-likeness (QED) is 0.773. The summed E-state index contributed by atoms with van der Waals surface area (Å²) in [7, 11) is 2.02. The van der Waals surface area contributed by atoms with Gasteiger partial charge in [-0.1, -0.05) is 12.1 Å². The number of hydrogen-bond donors (Lipinski definition) is 1. The van der Waals surface area contributed by atoms with Crippen LogP contribution in [0.4, 0.5) is 10.1 Å². The van der Waals surface area contributed by atoms with E-state index in [1.165, 1.54) is 25.0 Å². The van der Waals surface area contributed by atoms with Gasteiger partial charge in [0, 0.05) is 18.7 Å². The monoisotopic (exact) mass is 339 g/mol. The fraction of sp³-hybridized carbons (Fsp3) is 0.263. The summed E-state index contributed by atoms with van der Waals surface area (Å²) in [6.07, 6.45) is 2.38. The summed E-state index contributed by atoms with van der Waals surface area (Å²) >= 11 is 0. The van der Waals surface area contributed by atoms with Gasteiger partial charge in [-0.15, -0.1) is 0 Å². The maximum Gasteiger partial charge on any atom is 0.262 e. The Labute approximate surface area is 144 Å². The normalized spacial score (nSPS) is 13.8. The third-order valence-corrected chi connectivity index (χ3v) is 4.34. The first-order valence-corrected chi connectivity index (χ1v) is 8.25. The number of anilines is 1. The second kappa shape index (κ2) is 6.20. The summed E-state index contributed by atoms with van der Waals surface area (Å²) in [4.78, 5) is 16.7. The predicted octanol–water partition coefficient (Wildman–Crippen LogP) is 3.61. The molecule has 4 rings (SSSR count). The highest BCUT2D eigenvalue weighted by Gasteiger charge is 2.28. The number of aromatic nitrogens is 2. The minimum atomic E-state index is -0.488. The van der Waals surface area contributed by atoms with Crippen LogP contribution in [0.2, 0.25) is 0 Å². The molecular weight excluding hydrogens is 321 g/mol. The van der Waals surface area contributed by atoms with Gasteiger partial charge in [-0.05, 0) is 43.2 Å². The summed E-state index contributed by atoms with van der Waals surface area (Å²) in [5.41, 5.74) is 2.55. The number of halogens is 1. The number of nitrogens with one attached hydrogen (secondary N) is 1. The Balaban J connectivity index is 1.45. The van der Waals surface area contributed by atoms with Crippen LogP contribution in [0.15, 0.2) is 42.5 Å². The molecule has 1 fully saturated rings. The fourth-order valence-corrected chi connectivity index (χ4v) is 2.91. The third-order valence-electron chi connectivity index (χ3n) is 4.34. The van der Waals surface area contributed by atoms with Crippen LogP contribution >= 0.6 is 0 Å². The van der Waals surface area contributed by atoms with Gasteiger partial charge >= 0.3 is 0 Å².